The number of amides is 1. The fourth-order valence-electron chi connectivity index (χ4n) is 2.29. The van der Waals surface area contributed by atoms with Crippen molar-refractivity contribution < 1.29 is 14.3 Å². The van der Waals surface area contributed by atoms with Gasteiger partial charge in [-0.25, -0.2) is 4.79 Å². The van der Waals surface area contributed by atoms with Gasteiger partial charge in [0.2, 0.25) is 0 Å². The molecule has 0 fully saturated rings. The first kappa shape index (κ1) is 19.2. The molecule has 0 bridgehead atoms. The zero-order valence-electron chi connectivity index (χ0n) is 13.7. The van der Waals surface area contributed by atoms with Crippen LogP contribution < -0.4 is 10.1 Å². The summed E-state index contributed by atoms with van der Waals surface area (Å²) in [6.07, 6.45) is 0. The van der Waals surface area contributed by atoms with Gasteiger partial charge in [0.15, 0.2) is 5.75 Å². The highest BCUT2D eigenvalue weighted by atomic mass is 35.5. The van der Waals surface area contributed by atoms with E-state index in [9.17, 15) is 9.59 Å². The van der Waals surface area contributed by atoms with Gasteiger partial charge < -0.3 is 10.1 Å². The third kappa shape index (κ3) is 5.01. The van der Waals surface area contributed by atoms with E-state index in [-0.39, 0.29) is 17.0 Å². The highest BCUT2D eigenvalue weighted by molar-refractivity contribution is 6.32. The summed E-state index contributed by atoms with van der Waals surface area (Å²) < 4.78 is 5.41. The number of hydrogen-bond donors (Lipinski definition) is 1. The molecule has 0 atom stereocenters. The predicted octanol–water partition coefficient (Wildman–Crippen LogP) is 6.12. The second-order valence-electron chi connectivity index (χ2n) is 5.50. The van der Waals surface area contributed by atoms with Crippen LogP contribution in [-0.4, -0.2) is 11.9 Å². The summed E-state index contributed by atoms with van der Waals surface area (Å²) in [4.78, 5) is 24.8. The van der Waals surface area contributed by atoms with Crippen molar-refractivity contribution in [3.8, 4) is 5.75 Å². The maximum Gasteiger partial charge on any atom is 0.343 e. The van der Waals surface area contributed by atoms with Crippen LogP contribution in [0.15, 0.2) is 66.7 Å². The molecular weight excluding hydrogens is 409 g/mol. The molecule has 0 spiro atoms. The Morgan fingerprint density at radius 3 is 2.00 bits per heavy atom. The van der Waals surface area contributed by atoms with Crippen molar-refractivity contribution >= 4 is 52.4 Å². The smallest absolute Gasteiger partial charge is 0.343 e. The van der Waals surface area contributed by atoms with Crippen molar-refractivity contribution in [3.05, 3.63) is 92.9 Å². The van der Waals surface area contributed by atoms with Crippen LogP contribution in [0.5, 0.6) is 5.75 Å². The Morgan fingerprint density at radius 2 is 1.33 bits per heavy atom. The van der Waals surface area contributed by atoms with E-state index in [1.807, 2.05) is 0 Å². The van der Waals surface area contributed by atoms with Gasteiger partial charge in [-0.05, 0) is 54.6 Å². The summed E-state index contributed by atoms with van der Waals surface area (Å²) in [5, 5.41) is 3.90. The Morgan fingerprint density at radius 1 is 0.741 bits per heavy atom. The van der Waals surface area contributed by atoms with Crippen LogP contribution in [-0.2, 0) is 0 Å². The number of halogens is 3. The van der Waals surface area contributed by atoms with E-state index in [0.717, 1.165) is 0 Å². The summed E-state index contributed by atoms with van der Waals surface area (Å²) >= 11 is 17.8. The fraction of sp³-hybridized carbons (Fsp3) is 0. The predicted molar refractivity (Wildman–Crippen MR) is 107 cm³/mol. The van der Waals surface area contributed by atoms with Gasteiger partial charge in [-0.1, -0.05) is 46.9 Å². The average Bonchev–Trinajstić information content (AvgIpc) is 2.64. The highest BCUT2D eigenvalue weighted by Gasteiger charge is 2.15. The van der Waals surface area contributed by atoms with E-state index in [1.165, 1.54) is 24.3 Å². The molecule has 3 rings (SSSR count). The molecule has 136 valence electrons. The normalized spacial score (nSPS) is 10.3. The topological polar surface area (TPSA) is 55.4 Å². The average molecular weight is 421 g/mol. The summed E-state index contributed by atoms with van der Waals surface area (Å²) in [6.45, 7) is 0. The lowest BCUT2D eigenvalue weighted by atomic mass is 10.2. The van der Waals surface area contributed by atoms with Crippen molar-refractivity contribution in [1.82, 2.24) is 0 Å². The number of esters is 1. The number of rotatable bonds is 4. The Hall–Kier alpha value is -2.53. The number of carbonyl (C=O) groups excluding carboxylic acids is 2. The lowest BCUT2D eigenvalue weighted by molar-refractivity contribution is 0.0734. The minimum atomic E-state index is -0.613. The van der Waals surface area contributed by atoms with Crippen LogP contribution in [0.3, 0.4) is 0 Å². The van der Waals surface area contributed by atoms with Gasteiger partial charge in [-0.2, -0.15) is 0 Å². The Balaban J connectivity index is 1.85. The first-order valence-electron chi connectivity index (χ1n) is 7.76. The molecule has 0 saturated carbocycles. The molecule has 0 radical (unpaired) electrons. The molecule has 0 aliphatic carbocycles. The summed E-state index contributed by atoms with van der Waals surface area (Å²) in [6, 6.07) is 17.4. The zero-order valence-corrected chi connectivity index (χ0v) is 16.0. The van der Waals surface area contributed by atoms with Crippen LogP contribution in [0.25, 0.3) is 0 Å². The number of hydrogen-bond acceptors (Lipinski definition) is 3. The fourth-order valence-corrected chi connectivity index (χ4v) is 2.84. The van der Waals surface area contributed by atoms with Crippen LogP contribution in [0.2, 0.25) is 15.1 Å². The van der Waals surface area contributed by atoms with Crippen molar-refractivity contribution in [2.45, 2.75) is 0 Å². The van der Waals surface area contributed by atoms with E-state index in [2.05, 4.69) is 5.32 Å². The largest absolute Gasteiger partial charge is 0.421 e. The second-order valence-corrected chi connectivity index (χ2v) is 6.81. The molecule has 0 unspecified atom stereocenters. The third-order valence-electron chi connectivity index (χ3n) is 3.54. The SMILES string of the molecule is O=C(Nc1cc(Cl)ccc1OC(=O)c1cccc(Cl)c1)c1cccc(Cl)c1. The summed E-state index contributed by atoms with van der Waals surface area (Å²) in [5.41, 5.74) is 0.891. The van der Waals surface area contributed by atoms with Crippen molar-refractivity contribution in [3.63, 3.8) is 0 Å². The minimum absolute atomic E-state index is 0.153. The van der Waals surface area contributed by atoms with Gasteiger partial charge in [0.1, 0.15) is 0 Å². The number of carbonyl (C=O) groups is 2. The lowest BCUT2D eigenvalue weighted by Gasteiger charge is -2.12. The third-order valence-corrected chi connectivity index (χ3v) is 4.24. The molecule has 1 amide bonds. The van der Waals surface area contributed by atoms with Gasteiger partial charge in [-0.3, -0.25) is 4.79 Å². The van der Waals surface area contributed by atoms with Crippen molar-refractivity contribution in [2.75, 3.05) is 5.32 Å². The lowest BCUT2D eigenvalue weighted by Crippen LogP contribution is -2.15. The van der Waals surface area contributed by atoms with Gasteiger partial charge in [-0.15, -0.1) is 0 Å². The zero-order chi connectivity index (χ0) is 19.4. The summed E-state index contributed by atoms with van der Waals surface area (Å²) in [7, 11) is 0. The first-order chi connectivity index (χ1) is 12.9. The summed E-state index contributed by atoms with van der Waals surface area (Å²) in [5.74, 6) is -0.877. The minimum Gasteiger partial charge on any atom is -0.421 e. The molecule has 0 aliphatic heterocycles. The molecule has 27 heavy (non-hydrogen) atoms. The van der Waals surface area contributed by atoms with E-state index in [4.69, 9.17) is 39.5 Å². The van der Waals surface area contributed by atoms with Crippen molar-refractivity contribution in [2.24, 2.45) is 0 Å². The molecule has 0 heterocycles. The molecule has 3 aromatic carbocycles. The Bertz CT molecular complexity index is 1020. The van der Waals surface area contributed by atoms with E-state index < -0.39 is 11.9 Å². The molecule has 0 saturated heterocycles. The van der Waals surface area contributed by atoms with Crippen molar-refractivity contribution in [1.29, 1.82) is 0 Å². The van der Waals surface area contributed by atoms with E-state index in [0.29, 0.717) is 20.6 Å². The number of nitrogens with one attached hydrogen (secondary N) is 1. The standard InChI is InChI=1S/C20H12Cl3NO3/c21-14-5-1-3-12(9-14)19(25)24-17-11-16(23)7-8-18(17)27-20(26)13-4-2-6-15(22)10-13/h1-11H,(H,24,25). The van der Waals surface area contributed by atoms with Gasteiger partial charge in [0.25, 0.3) is 5.91 Å². The highest BCUT2D eigenvalue weighted by Crippen LogP contribution is 2.29. The van der Waals surface area contributed by atoms with Gasteiger partial charge in [0.05, 0.1) is 11.3 Å². The van der Waals surface area contributed by atoms with E-state index in [1.54, 1.807) is 42.5 Å². The second kappa shape index (κ2) is 8.44. The molecule has 3 aromatic rings. The molecule has 4 nitrogen and oxygen atoms in total. The van der Waals surface area contributed by atoms with Gasteiger partial charge >= 0.3 is 5.97 Å². The number of benzene rings is 3. The molecule has 0 aromatic heterocycles. The number of anilines is 1. The molecule has 7 heteroatoms. The van der Waals surface area contributed by atoms with Gasteiger partial charge in [0, 0.05) is 20.6 Å². The Labute approximate surface area is 170 Å². The monoisotopic (exact) mass is 419 g/mol. The Kier molecular flexibility index (Phi) is 6.01. The van der Waals surface area contributed by atoms with Crippen LogP contribution in [0.4, 0.5) is 5.69 Å². The number of ether oxygens (including phenoxy) is 1. The maximum absolute atomic E-state index is 12.5. The first-order valence-corrected chi connectivity index (χ1v) is 8.90. The van der Waals surface area contributed by atoms with Crippen LogP contribution in [0.1, 0.15) is 20.7 Å². The van der Waals surface area contributed by atoms with Crippen LogP contribution >= 0.6 is 34.8 Å². The van der Waals surface area contributed by atoms with E-state index >= 15 is 0 Å². The molecule has 0 aliphatic rings. The quantitative estimate of drug-likeness (QED) is 0.409. The molecule has 1 N–H and O–H groups in total. The van der Waals surface area contributed by atoms with Crippen LogP contribution in [0, 0.1) is 0 Å². The molecular formula is C20H12Cl3NO3. The maximum atomic E-state index is 12.5.